The Kier molecular flexibility index (Phi) is 5.16. The quantitative estimate of drug-likeness (QED) is 0.753. The molecule has 0 saturated carbocycles. The lowest BCUT2D eigenvalue weighted by atomic mass is 10.1. The second-order valence-electron chi connectivity index (χ2n) is 4.28. The Morgan fingerprint density at radius 3 is 2.74 bits per heavy atom. The molecule has 1 atom stereocenters. The number of alkyl halides is 1. The fraction of sp³-hybridized carbons (Fsp3) is 0.333. The molecule has 1 heterocycles. The summed E-state index contributed by atoms with van der Waals surface area (Å²) in [5.74, 6) is 0.615. The van der Waals surface area contributed by atoms with Crippen molar-refractivity contribution in [1.82, 2.24) is 9.97 Å². The van der Waals surface area contributed by atoms with Crippen LogP contribution >= 0.6 is 11.6 Å². The lowest BCUT2D eigenvalue weighted by Crippen LogP contribution is -2.02. The van der Waals surface area contributed by atoms with E-state index in [1.54, 1.807) is 0 Å². The summed E-state index contributed by atoms with van der Waals surface area (Å²) < 4.78 is 5.49. The van der Waals surface area contributed by atoms with Crippen molar-refractivity contribution in [2.45, 2.75) is 25.1 Å². The van der Waals surface area contributed by atoms with E-state index in [-0.39, 0.29) is 5.38 Å². The molecular formula is C15H17ClN2O. The molecule has 0 saturated heterocycles. The molecule has 3 nitrogen and oxygen atoms in total. The summed E-state index contributed by atoms with van der Waals surface area (Å²) in [6.45, 7) is 2.73. The van der Waals surface area contributed by atoms with E-state index in [1.165, 1.54) is 6.33 Å². The van der Waals surface area contributed by atoms with Crippen molar-refractivity contribution in [1.29, 1.82) is 0 Å². The van der Waals surface area contributed by atoms with Crippen molar-refractivity contribution in [3.8, 4) is 5.88 Å². The van der Waals surface area contributed by atoms with Crippen molar-refractivity contribution in [3.63, 3.8) is 0 Å². The van der Waals surface area contributed by atoms with Crippen LogP contribution in [0.25, 0.3) is 0 Å². The normalized spacial score (nSPS) is 12.1. The molecule has 0 spiro atoms. The van der Waals surface area contributed by atoms with Gasteiger partial charge in [-0.2, -0.15) is 0 Å². The number of ether oxygens (including phenoxy) is 1. The highest BCUT2D eigenvalue weighted by Gasteiger charge is 2.10. The first-order valence-electron chi connectivity index (χ1n) is 6.42. The van der Waals surface area contributed by atoms with Gasteiger partial charge in [-0.15, -0.1) is 11.6 Å². The molecule has 0 aliphatic heterocycles. The fourth-order valence-corrected chi connectivity index (χ4v) is 2.04. The van der Waals surface area contributed by atoms with Crippen molar-refractivity contribution in [2.75, 3.05) is 6.61 Å². The highest BCUT2D eigenvalue weighted by molar-refractivity contribution is 6.20. The van der Waals surface area contributed by atoms with Crippen LogP contribution in [0.3, 0.4) is 0 Å². The summed E-state index contributed by atoms with van der Waals surface area (Å²) in [4.78, 5) is 8.32. The van der Waals surface area contributed by atoms with Gasteiger partial charge < -0.3 is 4.74 Å². The standard InChI is InChI=1S/C15H17ClN2O/c1-2-8-19-15-10-13(17-11-18-15)9-14(16)12-6-4-3-5-7-12/h3-7,10-11,14H,2,8-9H2,1H3. The minimum atomic E-state index is -0.0878. The number of nitrogens with zero attached hydrogens (tertiary/aromatic N) is 2. The minimum absolute atomic E-state index is 0.0878. The first-order valence-corrected chi connectivity index (χ1v) is 6.86. The molecular weight excluding hydrogens is 260 g/mol. The van der Waals surface area contributed by atoms with Crippen LogP contribution in [-0.4, -0.2) is 16.6 Å². The molecule has 0 N–H and O–H groups in total. The zero-order valence-electron chi connectivity index (χ0n) is 10.9. The summed E-state index contributed by atoms with van der Waals surface area (Å²) in [5.41, 5.74) is 1.99. The molecule has 100 valence electrons. The SMILES string of the molecule is CCCOc1cc(CC(Cl)c2ccccc2)ncn1. The minimum Gasteiger partial charge on any atom is -0.478 e. The van der Waals surface area contributed by atoms with Gasteiger partial charge in [0.05, 0.1) is 12.0 Å². The van der Waals surface area contributed by atoms with E-state index in [0.29, 0.717) is 18.9 Å². The summed E-state index contributed by atoms with van der Waals surface area (Å²) in [6, 6.07) is 11.9. The second kappa shape index (κ2) is 7.10. The van der Waals surface area contributed by atoms with Gasteiger partial charge in [-0.1, -0.05) is 37.3 Å². The van der Waals surface area contributed by atoms with Crippen LogP contribution in [0.2, 0.25) is 0 Å². The third-order valence-electron chi connectivity index (χ3n) is 2.70. The van der Waals surface area contributed by atoms with Crippen LogP contribution in [0.15, 0.2) is 42.7 Å². The van der Waals surface area contributed by atoms with Crippen LogP contribution in [0.4, 0.5) is 0 Å². The topological polar surface area (TPSA) is 35.0 Å². The van der Waals surface area contributed by atoms with Gasteiger partial charge in [-0.25, -0.2) is 9.97 Å². The van der Waals surface area contributed by atoms with Crippen LogP contribution in [-0.2, 0) is 6.42 Å². The number of aromatic nitrogens is 2. The number of benzene rings is 1. The van der Waals surface area contributed by atoms with Crippen molar-refractivity contribution in [2.24, 2.45) is 0 Å². The van der Waals surface area contributed by atoms with Crippen LogP contribution < -0.4 is 4.74 Å². The van der Waals surface area contributed by atoms with Gasteiger partial charge in [0.1, 0.15) is 6.33 Å². The largest absolute Gasteiger partial charge is 0.478 e. The van der Waals surface area contributed by atoms with E-state index < -0.39 is 0 Å². The smallest absolute Gasteiger partial charge is 0.216 e. The van der Waals surface area contributed by atoms with Crippen LogP contribution in [0.1, 0.15) is 30.0 Å². The molecule has 0 bridgehead atoms. The van der Waals surface area contributed by atoms with Crippen molar-refractivity contribution < 1.29 is 4.74 Å². The Labute approximate surface area is 118 Å². The monoisotopic (exact) mass is 276 g/mol. The molecule has 2 rings (SSSR count). The Morgan fingerprint density at radius 2 is 2.00 bits per heavy atom. The Bertz CT molecular complexity index is 505. The molecule has 0 amide bonds. The summed E-state index contributed by atoms with van der Waals surface area (Å²) in [6.07, 6.45) is 3.15. The molecule has 1 unspecified atom stereocenters. The van der Waals surface area contributed by atoms with Gasteiger partial charge >= 0.3 is 0 Å². The van der Waals surface area contributed by atoms with E-state index in [0.717, 1.165) is 17.7 Å². The van der Waals surface area contributed by atoms with Gasteiger partial charge in [0.2, 0.25) is 5.88 Å². The summed E-state index contributed by atoms with van der Waals surface area (Å²) >= 11 is 6.40. The lowest BCUT2D eigenvalue weighted by Gasteiger charge is -2.10. The third kappa shape index (κ3) is 4.21. The summed E-state index contributed by atoms with van der Waals surface area (Å²) in [7, 11) is 0. The predicted octanol–water partition coefficient (Wildman–Crippen LogP) is 3.79. The Morgan fingerprint density at radius 1 is 1.21 bits per heavy atom. The van der Waals surface area contributed by atoms with Crippen molar-refractivity contribution >= 4 is 11.6 Å². The number of hydrogen-bond acceptors (Lipinski definition) is 3. The van der Waals surface area contributed by atoms with Gasteiger partial charge in [0.15, 0.2) is 0 Å². The van der Waals surface area contributed by atoms with E-state index in [2.05, 4.69) is 16.9 Å². The summed E-state index contributed by atoms with van der Waals surface area (Å²) in [5, 5.41) is -0.0878. The van der Waals surface area contributed by atoms with Gasteiger partial charge in [-0.3, -0.25) is 0 Å². The van der Waals surface area contributed by atoms with E-state index in [1.807, 2.05) is 36.4 Å². The lowest BCUT2D eigenvalue weighted by molar-refractivity contribution is 0.304. The molecule has 0 aliphatic rings. The average molecular weight is 277 g/mol. The van der Waals surface area contributed by atoms with Crippen LogP contribution in [0, 0.1) is 0 Å². The van der Waals surface area contributed by atoms with Crippen molar-refractivity contribution in [3.05, 3.63) is 54.0 Å². The number of rotatable bonds is 6. The Hall–Kier alpha value is -1.61. The molecule has 4 heteroatoms. The maximum absolute atomic E-state index is 6.40. The van der Waals surface area contributed by atoms with Crippen LogP contribution in [0.5, 0.6) is 5.88 Å². The zero-order chi connectivity index (χ0) is 13.5. The third-order valence-corrected chi connectivity index (χ3v) is 3.11. The maximum Gasteiger partial charge on any atom is 0.216 e. The predicted molar refractivity (Wildman–Crippen MR) is 76.6 cm³/mol. The number of halogens is 1. The molecule has 0 aliphatic carbocycles. The second-order valence-corrected chi connectivity index (χ2v) is 4.81. The molecule has 2 aromatic rings. The maximum atomic E-state index is 6.40. The first kappa shape index (κ1) is 13.8. The molecule has 1 aromatic carbocycles. The highest BCUT2D eigenvalue weighted by atomic mass is 35.5. The highest BCUT2D eigenvalue weighted by Crippen LogP contribution is 2.24. The number of hydrogen-bond donors (Lipinski definition) is 0. The molecule has 1 aromatic heterocycles. The average Bonchev–Trinajstić information content (AvgIpc) is 2.46. The molecule has 0 radical (unpaired) electrons. The Balaban J connectivity index is 2.02. The van der Waals surface area contributed by atoms with Gasteiger partial charge in [0.25, 0.3) is 0 Å². The first-order chi connectivity index (χ1) is 9.29. The van der Waals surface area contributed by atoms with E-state index in [9.17, 15) is 0 Å². The van der Waals surface area contributed by atoms with Gasteiger partial charge in [0, 0.05) is 18.2 Å². The molecule has 19 heavy (non-hydrogen) atoms. The van der Waals surface area contributed by atoms with E-state index >= 15 is 0 Å². The zero-order valence-corrected chi connectivity index (χ0v) is 11.7. The van der Waals surface area contributed by atoms with E-state index in [4.69, 9.17) is 16.3 Å². The molecule has 0 fully saturated rings. The van der Waals surface area contributed by atoms with Gasteiger partial charge in [-0.05, 0) is 12.0 Å². The fourth-order valence-electron chi connectivity index (χ4n) is 1.74.